The maximum atomic E-state index is 14.7. The molecule has 1 aliphatic heterocycles. The highest BCUT2D eigenvalue weighted by Gasteiger charge is 2.46. The van der Waals surface area contributed by atoms with Crippen LogP contribution in [0.15, 0.2) is 12.1 Å². The fraction of sp³-hybridized carbons (Fsp3) is 0.500. The Kier molecular flexibility index (Phi) is 3.76. The van der Waals surface area contributed by atoms with E-state index < -0.39 is 6.09 Å². The van der Waals surface area contributed by atoms with E-state index in [4.69, 9.17) is 9.84 Å². The molecule has 1 aliphatic carbocycles. The lowest BCUT2D eigenvalue weighted by molar-refractivity contribution is -0.144. The van der Waals surface area contributed by atoms with Crippen LogP contribution in [-0.2, 0) is 22.5 Å². The van der Waals surface area contributed by atoms with Crippen LogP contribution in [0.4, 0.5) is 9.18 Å². The van der Waals surface area contributed by atoms with Gasteiger partial charge in [0, 0.05) is 19.0 Å². The van der Waals surface area contributed by atoms with Gasteiger partial charge in [0.15, 0.2) is 0 Å². The SMILES string of the molecule is CCOC(=O)C1CC1c1ccc2c(c1F)CCN(C(=O)O)C2. The summed E-state index contributed by atoms with van der Waals surface area (Å²) in [7, 11) is 0. The molecule has 0 radical (unpaired) electrons. The molecule has 1 heterocycles. The molecule has 5 nitrogen and oxygen atoms in total. The number of benzene rings is 1. The largest absolute Gasteiger partial charge is 0.466 e. The van der Waals surface area contributed by atoms with Crippen molar-refractivity contribution in [3.8, 4) is 0 Å². The van der Waals surface area contributed by atoms with E-state index in [2.05, 4.69) is 0 Å². The second-order valence-electron chi connectivity index (χ2n) is 5.76. The van der Waals surface area contributed by atoms with Crippen molar-refractivity contribution < 1.29 is 23.8 Å². The van der Waals surface area contributed by atoms with E-state index in [-0.39, 0.29) is 30.2 Å². The van der Waals surface area contributed by atoms with E-state index in [0.29, 0.717) is 42.7 Å². The number of rotatable bonds is 3. The first-order valence-electron chi connectivity index (χ1n) is 7.47. The van der Waals surface area contributed by atoms with E-state index in [0.717, 1.165) is 0 Å². The fourth-order valence-electron chi connectivity index (χ4n) is 3.13. The Bertz CT molecular complexity index is 631. The van der Waals surface area contributed by atoms with E-state index in [1.54, 1.807) is 19.1 Å². The number of nitrogens with zero attached hydrogens (tertiary/aromatic N) is 1. The van der Waals surface area contributed by atoms with E-state index in [9.17, 15) is 14.0 Å². The summed E-state index contributed by atoms with van der Waals surface area (Å²) >= 11 is 0. The average molecular weight is 307 g/mol. The molecule has 0 bridgehead atoms. The smallest absolute Gasteiger partial charge is 0.407 e. The lowest BCUT2D eigenvalue weighted by atomic mass is 9.94. The van der Waals surface area contributed by atoms with Gasteiger partial charge >= 0.3 is 12.1 Å². The Hall–Kier alpha value is -2.11. The molecule has 2 aliphatic rings. The molecule has 1 saturated carbocycles. The number of carbonyl (C=O) groups is 2. The summed E-state index contributed by atoms with van der Waals surface area (Å²) in [6.07, 6.45) is 0.00755. The Morgan fingerprint density at radius 1 is 1.45 bits per heavy atom. The summed E-state index contributed by atoms with van der Waals surface area (Å²) in [6.45, 7) is 2.60. The van der Waals surface area contributed by atoms with Gasteiger partial charge in [0.1, 0.15) is 5.82 Å². The number of carbonyl (C=O) groups excluding carboxylic acids is 1. The van der Waals surface area contributed by atoms with Crippen LogP contribution in [0, 0.1) is 11.7 Å². The molecule has 1 N–H and O–H groups in total. The molecule has 1 fully saturated rings. The molecule has 0 saturated heterocycles. The summed E-state index contributed by atoms with van der Waals surface area (Å²) < 4.78 is 19.7. The zero-order valence-electron chi connectivity index (χ0n) is 12.3. The van der Waals surface area contributed by atoms with Gasteiger partial charge in [-0.15, -0.1) is 0 Å². The number of hydrogen-bond donors (Lipinski definition) is 1. The minimum absolute atomic E-state index is 0.109. The molecule has 22 heavy (non-hydrogen) atoms. The molecule has 3 rings (SSSR count). The van der Waals surface area contributed by atoms with E-state index in [1.807, 2.05) is 0 Å². The molecule has 2 unspecified atom stereocenters. The second kappa shape index (κ2) is 5.59. The number of carboxylic acid groups (broad SMARTS) is 1. The molecule has 0 aromatic heterocycles. The van der Waals surface area contributed by atoms with Crippen molar-refractivity contribution in [3.05, 3.63) is 34.6 Å². The normalized spacial score (nSPS) is 22.9. The van der Waals surface area contributed by atoms with Gasteiger partial charge in [0.2, 0.25) is 0 Å². The van der Waals surface area contributed by atoms with Crippen LogP contribution >= 0.6 is 0 Å². The van der Waals surface area contributed by atoms with Crippen LogP contribution in [0.1, 0.15) is 36.0 Å². The average Bonchev–Trinajstić information content (AvgIpc) is 3.28. The van der Waals surface area contributed by atoms with Gasteiger partial charge in [0.05, 0.1) is 12.5 Å². The van der Waals surface area contributed by atoms with E-state index >= 15 is 0 Å². The third-order valence-corrected chi connectivity index (χ3v) is 4.41. The summed E-state index contributed by atoms with van der Waals surface area (Å²) in [6, 6.07) is 3.47. The summed E-state index contributed by atoms with van der Waals surface area (Å²) in [4.78, 5) is 24.0. The first kappa shape index (κ1) is 14.8. The fourth-order valence-corrected chi connectivity index (χ4v) is 3.13. The number of esters is 1. The molecular formula is C16H18FNO4. The van der Waals surface area contributed by atoms with Crippen LogP contribution in [0.5, 0.6) is 0 Å². The molecule has 1 aromatic carbocycles. The molecule has 118 valence electrons. The van der Waals surface area contributed by atoms with Gasteiger partial charge in [-0.05, 0) is 36.5 Å². The number of fused-ring (bicyclic) bond motifs is 1. The molecule has 1 amide bonds. The van der Waals surface area contributed by atoms with Crippen LogP contribution in [0.2, 0.25) is 0 Å². The van der Waals surface area contributed by atoms with Gasteiger partial charge in [-0.25, -0.2) is 9.18 Å². The Morgan fingerprint density at radius 2 is 2.23 bits per heavy atom. The molecule has 6 heteroatoms. The number of amides is 1. The van der Waals surface area contributed by atoms with Gasteiger partial charge in [-0.2, -0.15) is 0 Å². The first-order chi connectivity index (χ1) is 10.5. The zero-order chi connectivity index (χ0) is 15.9. The number of hydrogen-bond acceptors (Lipinski definition) is 3. The van der Waals surface area contributed by atoms with Gasteiger partial charge in [-0.1, -0.05) is 12.1 Å². The zero-order valence-corrected chi connectivity index (χ0v) is 12.3. The minimum atomic E-state index is -0.986. The van der Waals surface area contributed by atoms with Crippen molar-refractivity contribution in [1.82, 2.24) is 4.90 Å². The van der Waals surface area contributed by atoms with Crippen molar-refractivity contribution in [1.29, 1.82) is 0 Å². The molecular weight excluding hydrogens is 289 g/mol. The minimum Gasteiger partial charge on any atom is -0.466 e. The summed E-state index contributed by atoms with van der Waals surface area (Å²) in [5.41, 5.74) is 1.85. The van der Waals surface area contributed by atoms with Crippen molar-refractivity contribution >= 4 is 12.1 Å². The Balaban J connectivity index is 1.80. The van der Waals surface area contributed by atoms with Crippen LogP contribution < -0.4 is 0 Å². The highest BCUT2D eigenvalue weighted by Crippen LogP contribution is 2.49. The van der Waals surface area contributed by atoms with E-state index in [1.165, 1.54) is 4.90 Å². The van der Waals surface area contributed by atoms with Crippen LogP contribution in [0.3, 0.4) is 0 Å². The Labute approximate surface area is 127 Å². The van der Waals surface area contributed by atoms with Crippen molar-refractivity contribution in [2.24, 2.45) is 5.92 Å². The first-order valence-corrected chi connectivity index (χ1v) is 7.47. The van der Waals surface area contributed by atoms with Crippen LogP contribution in [-0.4, -0.2) is 35.2 Å². The number of halogens is 1. The monoisotopic (exact) mass is 307 g/mol. The van der Waals surface area contributed by atoms with Crippen molar-refractivity contribution in [2.45, 2.75) is 32.2 Å². The topological polar surface area (TPSA) is 66.8 Å². The third kappa shape index (κ3) is 2.53. The van der Waals surface area contributed by atoms with Gasteiger partial charge in [0.25, 0.3) is 0 Å². The van der Waals surface area contributed by atoms with Crippen molar-refractivity contribution in [2.75, 3.05) is 13.2 Å². The second-order valence-corrected chi connectivity index (χ2v) is 5.76. The Morgan fingerprint density at radius 3 is 2.91 bits per heavy atom. The van der Waals surface area contributed by atoms with Gasteiger partial charge < -0.3 is 14.7 Å². The lowest BCUT2D eigenvalue weighted by Gasteiger charge is -2.27. The standard InChI is InChI=1S/C16H18FNO4/c1-2-22-15(19)13-7-12(13)11-4-3-9-8-18(16(20)21)6-5-10(9)14(11)17/h3-4,12-13H,2,5-8H2,1H3,(H,20,21). The van der Waals surface area contributed by atoms with Crippen LogP contribution in [0.25, 0.3) is 0 Å². The van der Waals surface area contributed by atoms with Crippen molar-refractivity contribution in [3.63, 3.8) is 0 Å². The highest BCUT2D eigenvalue weighted by molar-refractivity contribution is 5.77. The quantitative estimate of drug-likeness (QED) is 0.871. The summed E-state index contributed by atoms with van der Waals surface area (Å²) in [5.74, 6) is -0.894. The number of ether oxygens (including phenoxy) is 1. The molecule has 1 aromatic rings. The maximum Gasteiger partial charge on any atom is 0.407 e. The van der Waals surface area contributed by atoms with Gasteiger partial charge in [-0.3, -0.25) is 4.79 Å². The third-order valence-electron chi connectivity index (χ3n) is 4.41. The predicted molar refractivity (Wildman–Crippen MR) is 76.0 cm³/mol. The lowest BCUT2D eigenvalue weighted by Crippen LogP contribution is -2.35. The predicted octanol–water partition coefficient (Wildman–Crippen LogP) is 2.53. The summed E-state index contributed by atoms with van der Waals surface area (Å²) in [5, 5.41) is 9.01. The maximum absolute atomic E-state index is 14.7. The highest BCUT2D eigenvalue weighted by atomic mass is 19.1. The molecule has 2 atom stereocenters. The molecule has 0 spiro atoms.